The molecule has 1 unspecified atom stereocenters. The van der Waals surface area contributed by atoms with Crippen LogP contribution in [-0.2, 0) is 20.9 Å². The largest absolute Gasteiger partial charge is 0.497 e. The zero-order chi connectivity index (χ0) is 25.5. The molecule has 0 radical (unpaired) electrons. The summed E-state index contributed by atoms with van der Waals surface area (Å²) in [6.07, 6.45) is 0. The summed E-state index contributed by atoms with van der Waals surface area (Å²) < 4.78 is 25.5. The molecule has 0 saturated heterocycles. The Labute approximate surface area is 207 Å². The molecule has 1 atom stereocenters. The minimum atomic E-state index is -1.03. The number of halogens is 1. The number of nitrogens with one attached hydrogen (secondary N) is 1. The van der Waals surface area contributed by atoms with E-state index >= 15 is 0 Å². The molecule has 0 aliphatic rings. The van der Waals surface area contributed by atoms with Crippen molar-refractivity contribution in [2.45, 2.75) is 12.6 Å². The van der Waals surface area contributed by atoms with E-state index in [1.165, 1.54) is 48.1 Å². The summed E-state index contributed by atoms with van der Waals surface area (Å²) in [4.78, 5) is 28.7. The van der Waals surface area contributed by atoms with E-state index in [0.29, 0.717) is 28.0 Å². The Morgan fingerprint density at radius 3 is 2.58 bits per heavy atom. The molecule has 4 rings (SSSR count). The first kappa shape index (κ1) is 24.8. The summed E-state index contributed by atoms with van der Waals surface area (Å²) in [6, 6.07) is 18.6. The van der Waals surface area contributed by atoms with Crippen LogP contribution in [0.3, 0.4) is 0 Å². The fraction of sp³-hybridized carbons (Fsp3) is 0.231. The van der Waals surface area contributed by atoms with Crippen LogP contribution in [0.4, 0.5) is 10.1 Å². The summed E-state index contributed by atoms with van der Waals surface area (Å²) in [5, 5.41) is 11.0. The highest BCUT2D eigenvalue weighted by molar-refractivity contribution is 5.98. The lowest BCUT2D eigenvalue weighted by Crippen LogP contribution is -2.44. The zero-order valence-corrected chi connectivity index (χ0v) is 19.9. The van der Waals surface area contributed by atoms with Crippen LogP contribution < -0.4 is 10.1 Å². The van der Waals surface area contributed by atoms with Gasteiger partial charge in [0.25, 0.3) is 5.91 Å². The van der Waals surface area contributed by atoms with Crippen molar-refractivity contribution in [2.75, 3.05) is 32.7 Å². The molecular formula is C26H26FN5O4. The highest BCUT2D eigenvalue weighted by atomic mass is 19.1. The van der Waals surface area contributed by atoms with Crippen LogP contribution in [0.5, 0.6) is 5.75 Å². The maximum atomic E-state index is 13.7. The number of benzene rings is 3. The summed E-state index contributed by atoms with van der Waals surface area (Å²) in [7, 11) is 3.04. The smallest absolute Gasteiger partial charge is 0.251 e. The molecule has 0 spiro atoms. The van der Waals surface area contributed by atoms with Crippen LogP contribution in [0.2, 0.25) is 0 Å². The molecule has 10 heteroatoms. The van der Waals surface area contributed by atoms with Crippen molar-refractivity contribution < 1.29 is 23.5 Å². The lowest BCUT2D eigenvalue weighted by Gasteiger charge is -2.31. The second-order valence-corrected chi connectivity index (χ2v) is 7.99. The number of nitrogens with zero attached hydrogens (tertiary/aromatic N) is 4. The monoisotopic (exact) mass is 491 g/mol. The van der Waals surface area contributed by atoms with Crippen molar-refractivity contribution in [3.05, 3.63) is 84.2 Å². The Kier molecular flexibility index (Phi) is 7.86. The number of ether oxygens (including phenoxy) is 2. The molecule has 186 valence electrons. The van der Waals surface area contributed by atoms with Crippen molar-refractivity contribution >= 4 is 28.5 Å². The number of rotatable bonds is 10. The van der Waals surface area contributed by atoms with Crippen molar-refractivity contribution in [1.29, 1.82) is 0 Å². The number of hydrogen-bond acceptors (Lipinski definition) is 6. The zero-order valence-electron chi connectivity index (χ0n) is 19.9. The Morgan fingerprint density at radius 2 is 1.83 bits per heavy atom. The lowest BCUT2D eigenvalue weighted by atomic mass is 10.0. The van der Waals surface area contributed by atoms with Crippen LogP contribution in [-0.4, -0.2) is 59.1 Å². The predicted octanol–water partition coefficient (Wildman–Crippen LogP) is 3.43. The van der Waals surface area contributed by atoms with Gasteiger partial charge in [-0.05, 0) is 54.1 Å². The standard InChI is InChI=1S/C26H26FN5O4/c1-35-15-14-31(24(33)17-32-23-9-4-3-8-22(23)29-30-32)25(18-6-5-7-21(16-18)36-2)26(34)28-20-12-10-19(27)11-13-20/h3-13,16,25H,14-15,17H2,1-2H3,(H,28,34). The second-order valence-electron chi connectivity index (χ2n) is 7.99. The average molecular weight is 492 g/mol. The molecule has 9 nitrogen and oxygen atoms in total. The Bertz CT molecular complexity index is 1340. The fourth-order valence-electron chi connectivity index (χ4n) is 3.87. The van der Waals surface area contributed by atoms with Crippen molar-refractivity contribution in [2.24, 2.45) is 0 Å². The van der Waals surface area contributed by atoms with E-state index < -0.39 is 17.8 Å². The van der Waals surface area contributed by atoms with Gasteiger partial charge in [-0.15, -0.1) is 5.10 Å². The SMILES string of the molecule is COCCN(C(=O)Cn1nnc2ccccc21)C(C(=O)Nc1ccc(F)cc1)c1cccc(OC)c1. The summed E-state index contributed by atoms with van der Waals surface area (Å²) >= 11 is 0. The van der Waals surface area contributed by atoms with E-state index in [2.05, 4.69) is 15.6 Å². The van der Waals surface area contributed by atoms with Gasteiger partial charge < -0.3 is 19.7 Å². The maximum absolute atomic E-state index is 13.7. The van der Waals surface area contributed by atoms with Gasteiger partial charge in [-0.3, -0.25) is 9.59 Å². The third-order valence-electron chi connectivity index (χ3n) is 5.64. The Hall–Kier alpha value is -4.31. The molecule has 1 N–H and O–H groups in total. The van der Waals surface area contributed by atoms with E-state index in [9.17, 15) is 14.0 Å². The number of para-hydroxylation sites is 1. The van der Waals surface area contributed by atoms with E-state index in [1.807, 2.05) is 18.2 Å². The quantitative estimate of drug-likeness (QED) is 0.365. The van der Waals surface area contributed by atoms with Gasteiger partial charge in [0.05, 0.1) is 19.2 Å². The highest BCUT2D eigenvalue weighted by Crippen LogP contribution is 2.27. The van der Waals surface area contributed by atoms with Gasteiger partial charge in [0.2, 0.25) is 5.91 Å². The lowest BCUT2D eigenvalue weighted by molar-refractivity contribution is -0.140. The molecule has 0 aliphatic heterocycles. The molecule has 1 heterocycles. The van der Waals surface area contributed by atoms with Gasteiger partial charge in [-0.1, -0.05) is 29.5 Å². The Balaban J connectivity index is 1.70. The van der Waals surface area contributed by atoms with Gasteiger partial charge >= 0.3 is 0 Å². The minimum absolute atomic E-state index is 0.130. The van der Waals surface area contributed by atoms with E-state index in [0.717, 1.165) is 0 Å². The summed E-state index contributed by atoms with van der Waals surface area (Å²) in [5.41, 5.74) is 2.30. The first-order chi connectivity index (χ1) is 17.5. The highest BCUT2D eigenvalue weighted by Gasteiger charge is 2.32. The average Bonchev–Trinajstić information content (AvgIpc) is 3.30. The molecule has 0 fully saturated rings. The number of hydrogen-bond donors (Lipinski definition) is 1. The van der Waals surface area contributed by atoms with Gasteiger partial charge in [-0.2, -0.15) is 0 Å². The van der Waals surface area contributed by atoms with Crippen molar-refractivity contribution in [1.82, 2.24) is 19.9 Å². The van der Waals surface area contributed by atoms with Gasteiger partial charge in [0.1, 0.15) is 29.7 Å². The summed E-state index contributed by atoms with van der Waals surface area (Å²) in [6.45, 7) is 0.212. The topological polar surface area (TPSA) is 98.6 Å². The van der Waals surface area contributed by atoms with Gasteiger partial charge in [0.15, 0.2) is 0 Å². The van der Waals surface area contributed by atoms with E-state index in [1.54, 1.807) is 30.3 Å². The molecule has 2 amide bonds. The van der Waals surface area contributed by atoms with Gasteiger partial charge in [-0.25, -0.2) is 9.07 Å². The van der Waals surface area contributed by atoms with Crippen LogP contribution >= 0.6 is 0 Å². The molecule has 36 heavy (non-hydrogen) atoms. The number of amides is 2. The molecule has 4 aromatic rings. The van der Waals surface area contributed by atoms with E-state index in [-0.39, 0.29) is 25.6 Å². The third kappa shape index (κ3) is 5.66. The summed E-state index contributed by atoms with van der Waals surface area (Å²) in [5.74, 6) is -0.713. The van der Waals surface area contributed by atoms with Crippen LogP contribution in [0.1, 0.15) is 11.6 Å². The normalized spacial score (nSPS) is 11.8. The number of anilines is 1. The van der Waals surface area contributed by atoms with Crippen LogP contribution in [0.25, 0.3) is 11.0 Å². The number of carbonyl (C=O) groups is 2. The van der Waals surface area contributed by atoms with Crippen LogP contribution in [0.15, 0.2) is 72.8 Å². The second kappa shape index (κ2) is 11.4. The molecule has 0 saturated carbocycles. The predicted molar refractivity (Wildman–Crippen MR) is 132 cm³/mol. The molecule has 1 aromatic heterocycles. The first-order valence-corrected chi connectivity index (χ1v) is 11.3. The van der Waals surface area contributed by atoms with Gasteiger partial charge in [0, 0.05) is 19.3 Å². The minimum Gasteiger partial charge on any atom is -0.497 e. The Morgan fingerprint density at radius 1 is 1.06 bits per heavy atom. The number of methoxy groups -OCH3 is 2. The van der Waals surface area contributed by atoms with Crippen molar-refractivity contribution in [3.63, 3.8) is 0 Å². The molecule has 0 aliphatic carbocycles. The van der Waals surface area contributed by atoms with Crippen molar-refractivity contribution in [3.8, 4) is 5.75 Å². The fourth-order valence-corrected chi connectivity index (χ4v) is 3.87. The number of fused-ring (bicyclic) bond motifs is 1. The van der Waals surface area contributed by atoms with Crippen LogP contribution in [0, 0.1) is 5.82 Å². The molecule has 0 bridgehead atoms. The number of carbonyl (C=O) groups excluding carboxylic acids is 2. The van der Waals surface area contributed by atoms with E-state index in [4.69, 9.17) is 9.47 Å². The first-order valence-electron chi connectivity index (χ1n) is 11.3. The number of aromatic nitrogens is 3. The molecular weight excluding hydrogens is 465 g/mol. The molecule has 3 aromatic carbocycles. The third-order valence-corrected chi connectivity index (χ3v) is 5.64. The maximum Gasteiger partial charge on any atom is 0.251 e.